The highest BCUT2D eigenvalue weighted by molar-refractivity contribution is 6.27. The molecule has 0 spiro atoms. The number of hydrogen-bond acceptors (Lipinski definition) is 3. The Bertz CT molecular complexity index is 341. The van der Waals surface area contributed by atoms with E-state index in [0.29, 0.717) is 6.54 Å². The molecule has 5 nitrogen and oxygen atoms in total. The molecule has 1 aliphatic heterocycles. The van der Waals surface area contributed by atoms with Gasteiger partial charge in [0.1, 0.15) is 11.5 Å². The van der Waals surface area contributed by atoms with Crippen LogP contribution in [-0.2, 0) is 9.53 Å². The maximum atomic E-state index is 11.9. The topological polar surface area (TPSA) is 49.9 Å². The molecule has 0 bridgehead atoms. The van der Waals surface area contributed by atoms with Gasteiger partial charge in [-0.05, 0) is 33.6 Å². The van der Waals surface area contributed by atoms with E-state index in [1.807, 2.05) is 20.8 Å². The van der Waals surface area contributed by atoms with Gasteiger partial charge in [-0.25, -0.2) is 4.79 Å². The van der Waals surface area contributed by atoms with Crippen molar-refractivity contribution in [3.8, 4) is 0 Å². The molecule has 2 amide bonds. The molecule has 110 valence electrons. The number of rotatable bonds is 3. The first kappa shape index (κ1) is 16.1. The maximum absolute atomic E-state index is 11.9. The first-order chi connectivity index (χ1) is 8.74. The third kappa shape index (κ3) is 4.90. The minimum Gasteiger partial charge on any atom is -0.444 e. The lowest BCUT2D eigenvalue weighted by molar-refractivity contribution is -0.129. The summed E-state index contributed by atoms with van der Waals surface area (Å²) >= 11 is 5.59. The van der Waals surface area contributed by atoms with Crippen molar-refractivity contribution < 1.29 is 14.3 Å². The summed E-state index contributed by atoms with van der Waals surface area (Å²) in [6, 6.07) is 0.0452. The van der Waals surface area contributed by atoms with E-state index >= 15 is 0 Å². The van der Waals surface area contributed by atoms with Crippen LogP contribution in [0, 0.1) is 0 Å². The van der Waals surface area contributed by atoms with Crippen LogP contribution >= 0.6 is 11.6 Å². The van der Waals surface area contributed by atoms with Gasteiger partial charge in [0.25, 0.3) is 0 Å². The lowest BCUT2D eigenvalue weighted by Crippen LogP contribution is -2.45. The van der Waals surface area contributed by atoms with Crippen LogP contribution in [0.1, 0.15) is 33.6 Å². The van der Waals surface area contributed by atoms with Crippen LogP contribution in [0.25, 0.3) is 0 Å². The Morgan fingerprint density at radius 3 is 2.58 bits per heavy atom. The predicted molar refractivity (Wildman–Crippen MR) is 74.3 cm³/mol. The standard InChI is InChI=1S/C13H23ClN2O3/c1-13(2,3)19-12(18)15(4)9-10-6-5-7-16(10)11(17)8-14/h10H,5-9H2,1-4H3/t10-/m1/s1. The summed E-state index contributed by atoms with van der Waals surface area (Å²) in [6.07, 6.45) is 1.49. The van der Waals surface area contributed by atoms with Crippen molar-refractivity contribution in [2.75, 3.05) is 26.0 Å². The fourth-order valence-corrected chi connectivity index (χ4v) is 2.31. The highest BCUT2D eigenvalue weighted by Crippen LogP contribution is 2.19. The molecule has 1 saturated heterocycles. The van der Waals surface area contributed by atoms with Gasteiger partial charge in [-0.1, -0.05) is 0 Å². The average Bonchev–Trinajstić information content (AvgIpc) is 2.73. The number of alkyl halides is 1. The fraction of sp³-hybridized carbons (Fsp3) is 0.846. The fourth-order valence-electron chi connectivity index (χ4n) is 2.16. The van der Waals surface area contributed by atoms with Gasteiger partial charge in [-0.3, -0.25) is 4.79 Å². The molecule has 1 aliphatic rings. The number of nitrogens with zero attached hydrogens (tertiary/aromatic N) is 2. The second kappa shape index (κ2) is 6.46. The zero-order valence-corrected chi connectivity index (χ0v) is 12.9. The SMILES string of the molecule is CN(C[C@H]1CCCN1C(=O)CCl)C(=O)OC(C)(C)C. The highest BCUT2D eigenvalue weighted by Gasteiger charge is 2.31. The molecule has 19 heavy (non-hydrogen) atoms. The van der Waals surface area contributed by atoms with E-state index in [2.05, 4.69) is 0 Å². The molecule has 1 heterocycles. The number of hydrogen-bond donors (Lipinski definition) is 0. The van der Waals surface area contributed by atoms with E-state index in [-0.39, 0.29) is 23.9 Å². The predicted octanol–water partition coefficient (Wildman–Crippen LogP) is 2.08. The minimum atomic E-state index is -0.507. The second-order valence-electron chi connectivity index (χ2n) is 5.88. The zero-order chi connectivity index (χ0) is 14.6. The number of carbonyl (C=O) groups is 2. The van der Waals surface area contributed by atoms with Gasteiger partial charge in [0, 0.05) is 26.2 Å². The van der Waals surface area contributed by atoms with Crippen molar-refractivity contribution in [1.29, 1.82) is 0 Å². The van der Waals surface area contributed by atoms with Crippen LogP contribution in [0.15, 0.2) is 0 Å². The number of likely N-dealkylation sites (N-methyl/N-ethyl adjacent to an activating group) is 1. The van der Waals surface area contributed by atoms with E-state index in [1.54, 1.807) is 11.9 Å². The van der Waals surface area contributed by atoms with E-state index in [1.165, 1.54) is 4.90 Å². The monoisotopic (exact) mass is 290 g/mol. The van der Waals surface area contributed by atoms with Gasteiger partial charge >= 0.3 is 6.09 Å². The smallest absolute Gasteiger partial charge is 0.410 e. The van der Waals surface area contributed by atoms with Crippen LogP contribution in [-0.4, -0.2) is 59.5 Å². The summed E-state index contributed by atoms with van der Waals surface area (Å²) in [5.74, 6) is -0.0751. The summed E-state index contributed by atoms with van der Waals surface area (Å²) < 4.78 is 5.29. The molecule has 1 fully saturated rings. The molecule has 0 aliphatic carbocycles. The Labute approximate surface area is 119 Å². The molecule has 0 saturated carbocycles. The molecule has 6 heteroatoms. The molecular weight excluding hydrogens is 268 g/mol. The quantitative estimate of drug-likeness (QED) is 0.748. The number of ether oxygens (including phenoxy) is 1. The van der Waals surface area contributed by atoms with Crippen molar-refractivity contribution in [3.05, 3.63) is 0 Å². The lowest BCUT2D eigenvalue weighted by Gasteiger charge is -2.30. The van der Waals surface area contributed by atoms with Crippen LogP contribution in [0.4, 0.5) is 4.79 Å². The molecule has 1 atom stereocenters. The van der Waals surface area contributed by atoms with Gasteiger partial charge in [0.15, 0.2) is 0 Å². The Morgan fingerprint density at radius 2 is 2.05 bits per heavy atom. The third-order valence-corrected chi connectivity index (χ3v) is 3.23. The summed E-state index contributed by atoms with van der Waals surface area (Å²) in [7, 11) is 1.69. The van der Waals surface area contributed by atoms with Crippen molar-refractivity contribution in [2.24, 2.45) is 0 Å². The zero-order valence-electron chi connectivity index (χ0n) is 12.1. The Morgan fingerprint density at radius 1 is 1.42 bits per heavy atom. The van der Waals surface area contributed by atoms with Crippen LogP contribution in [0.5, 0.6) is 0 Å². The second-order valence-corrected chi connectivity index (χ2v) is 6.14. The average molecular weight is 291 g/mol. The van der Waals surface area contributed by atoms with Crippen molar-refractivity contribution in [2.45, 2.75) is 45.3 Å². The van der Waals surface area contributed by atoms with E-state index in [4.69, 9.17) is 16.3 Å². The van der Waals surface area contributed by atoms with Gasteiger partial charge < -0.3 is 14.5 Å². The van der Waals surface area contributed by atoms with Crippen molar-refractivity contribution in [3.63, 3.8) is 0 Å². The van der Waals surface area contributed by atoms with Gasteiger partial charge in [-0.15, -0.1) is 11.6 Å². The van der Waals surface area contributed by atoms with Crippen LogP contribution in [0.3, 0.4) is 0 Å². The van der Waals surface area contributed by atoms with E-state index < -0.39 is 5.60 Å². The summed E-state index contributed by atoms with van der Waals surface area (Å²) in [5.41, 5.74) is -0.507. The molecule has 0 aromatic heterocycles. The maximum Gasteiger partial charge on any atom is 0.410 e. The Hall–Kier alpha value is -0.970. The number of amides is 2. The Balaban J connectivity index is 2.54. The van der Waals surface area contributed by atoms with Gasteiger partial charge in [-0.2, -0.15) is 0 Å². The normalized spacial score (nSPS) is 19.4. The summed E-state index contributed by atoms with van der Waals surface area (Å²) in [6.45, 7) is 6.70. The number of likely N-dealkylation sites (tertiary alicyclic amines) is 1. The van der Waals surface area contributed by atoms with Crippen molar-refractivity contribution >= 4 is 23.6 Å². The van der Waals surface area contributed by atoms with Crippen LogP contribution in [0.2, 0.25) is 0 Å². The highest BCUT2D eigenvalue weighted by atomic mass is 35.5. The van der Waals surface area contributed by atoms with Crippen LogP contribution < -0.4 is 0 Å². The molecule has 0 aromatic rings. The molecular formula is C13H23ClN2O3. The van der Waals surface area contributed by atoms with E-state index in [9.17, 15) is 9.59 Å². The number of carbonyl (C=O) groups excluding carboxylic acids is 2. The summed E-state index contributed by atoms with van der Waals surface area (Å²) in [5, 5.41) is 0. The molecule has 0 unspecified atom stereocenters. The lowest BCUT2D eigenvalue weighted by atomic mass is 10.2. The first-order valence-corrected chi connectivity index (χ1v) is 7.07. The van der Waals surface area contributed by atoms with Gasteiger partial charge in [0.05, 0.1) is 0 Å². The van der Waals surface area contributed by atoms with Gasteiger partial charge in [0.2, 0.25) is 5.91 Å². The first-order valence-electron chi connectivity index (χ1n) is 6.54. The molecule has 0 aromatic carbocycles. The molecule has 0 radical (unpaired) electrons. The third-order valence-electron chi connectivity index (χ3n) is 3.00. The largest absolute Gasteiger partial charge is 0.444 e. The minimum absolute atomic E-state index is 0.00729. The van der Waals surface area contributed by atoms with E-state index in [0.717, 1.165) is 19.4 Å². The Kier molecular flexibility index (Phi) is 5.47. The molecule has 0 N–H and O–H groups in total. The molecule has 1 rings (SSSR count). The number of halogens is 1. The van der Waals surface area contributed by atoms with Crippen molar-refractivity contribution in [1.82, 2.24) is 9.80 Å². The summed E-state index contributed by atoms with van der Waals surface area (Å²) in [4.78, 5) is 26.8.